The van der Waals surface area contributed by atoms with E-state index in [0.717, 1.165) is 31.5 Å². The van der Waals surface area contributed by atoms with Crippen LogP contribution in [0.2, 0.25) is 0 Å². The van der Waals surface area contributed by atoms with Crippen LogP contribution in [-0.4, -0.2) is 38.6 Å². The molecule has 0 bridgehead atoms. The molecule has 22 heavy (non-hydrogen) atoms. The number of carbonyl (C=O) groups excluding carboxylic acids is 2. The number of piperidine rings is 1. The SMILES string of the molecule is COCC1(C(=O)Nc2ccc(CC(N)=O)cc2)CCNCC1. The summed E-state index contributed by atoms with van der Waals surface area (Å²) in [7, 11) is 1.62. The topological polar surface area (TPSA) is 93.4 Å². The maximum Gasteiger partial charge on any atom is 0.233 e. The third-order valence-corrected chi connectivity index (χ3v) is 4.05. The zero-order chi connectivity index (χ0) is 16.0. The van der Waals surface area contributed by atoms with Crippen LogP contribution >= 0.6 is 0 Å². The first-order chi connectivity index (χ1) is 10.6. The fourth-order valence-electron chi connectivity index (χ4n) is 2.79. The number of nitrogens with two attached hydrogens (primary N) is 1. The summed E-state index contributed by atoms with van der Waals surface area (Å²) < 4.78 is 5.27. The van der Waals surface area contributed by atoms with Crippen LogP contribution in [0.3, 0.4) is 0 Å². The zero-order valence-corrected chi connectivity index (χ0v) is 12.9. The lowest BCUT2D eigenvalue weighted by atomic mass is 9.78. The Labute approximate surface area is 130 Å². The van der Waals surface area contributed by atoms with Crippen LogP contribution < -0.4 is 16.4 Å². The van der Waals surface area contributed by atoms with Gasteiger partial charge in [-0.25, -0.2) is 0 Å². The largest absolute Gasteiger partial charge is 0.384 e. The summed E-state index contributed by atoms with van der Waals surface area (Å²) in [6.45, 7) is 2.04. The molecule has 0 radical (unpaired) electrons. The predicted molar refractivity (Wildman–Crippen MR) is 84.4 cm³/mol. The van der Waals surface area contributed by atoms with E-state index in [2.05, 4.69) is 10.6 Å². The van der Waals surface area contributed by atoms with Gasteiger partial charge < -0.3 is 21.1 Å². The standard InChI is InChI=1S/C16H23N3O3/c1-22-11-16(6-8-18-9-7-16)15(21)19-13-4-2-12(3-5-13)10-14(17)20/h2-5,18H,6-11H2,1H3,(H2,17,20)(H,19,21). The minimum atomic E-state index is -0.480. The molecule has 1 aliphatic rings. The van der Waals surface area contributed by atoms with Gasteiger partial charge in [0.25, 0.3) is 0 Å². The fraction of sp³-hybridized carbons (Fsp3) is 0.500. The number of benzene rings is 1. The summed E-state index contributed by atoms with van der Waals surface area (Å²) in [5.41, 5.74) is 6.23. The van der Waals surface area contributed by atoms with Gasteiger partial charge in [-0.15, -0.1) is 0 Å². The van der Waals surface area contributed by atoms with Crippen molar-refractivity contribution >= 4 is 17.5 Å². The van der Waals surface area contributed by atoms with E-state index in [1.807, 2.05) is 0 Å². The summed E-state index contributed by atoms with van der Waals surface area (Å²) in [6, 6.07) is 7.17. The molecule has 1 heterocycles. The lowest BCUT2D eigenvalue weighted by Crippen LogP contribution is -2.47. The van der Waals surface area contributed by atoms with Gasteiger partial charge >= 0.3 is 0 Å². The molecule has 6 nitrogen and oxygen atoms in total. The number of ether oxygens (including phenoxy) is 1. The molecule has 1 aromatic carbocycles. The fourth-order valence-corrected chi connectivity index (χ4v) is 2.79. The summed E-state index contributed by atoms with van der Waals surface area (Å²) in [6.07, 6.45) is 1.71. The van der Waals surface area contributed by atoms with Crippen molar-refractivity contribution in [3.63, 3.8) is 0 Å². The van der Waals surface area contributed by atoms with Gasteiger partial charge in [-0.05, 0) is 43.6 Å². The first kappa shape index (κ1) is 16.5. The summed E-state index contributed by atoms with van der Waals surface area (Å²) in [5.74, 6) is -0.385. The summed E-state index contributed by atoms with van der Waals surface area (Å²) >= 11 is 0. The second kappa shape index (κ2) is 7.38. The predicted octanol–water partition coefficient (Wildman–Crippen LogP) is 0.669. The van der Waals surface area contributed by atoms with Crippen molar-refractivity contribution in [2.24, 2.45) is 11.1 Å². The van der Waals surface area contributed by atoms with E-state index in [4.69, 9.17) is 10.5 Å². The second-order valence-electron chi connectivity index (χ2n) is 5.76. The highest BCUT2D eigenvalue weighted by Crippen LogP contribution is 2.30. The van der Waals surface area contributed by atoms with Crippen molar-refractivity contribution in [1.29, 1.82) is 0 Å². The number of anilines is 1. The maximum absolute atomic E-state index is 12.6. The minimum Gasteiger partial charge on any atom is -0.384 e. The van der Waals surface area contributed by atoms with Gasteiger partial charge in [0.1, 0.15) is 0 Å². The number of amides is 2. The Morgan fingerprint density at radius 1 is 1.27 bits per heavy atom. The lowest BCUT2D eigenvalue weighted by Gasteiger charge is -2.35. The van der Waals surface area contributed by atoms with Crippen molar-refractivity contribution in [2.45, 2.75) is 19.3 Å². The first-order valence-electron chi connectivity index (χ1n) is 7.44. The molecule has 2 amide bonds. The zero-order valence-electron chi connectivity index (χ0n) is 12.9. The van der Waals surface area contributed by atoms with Crippen molar-refractivity contribution in [2.75, 3.05) is 32.1 Å². The normalized spacial score (nSPS) is 17.0. The van der Waals surface area contributed by atoms with Crippen LogP contribution in [0, 0.1) is 5.41 Å². The lowest BCUT2D eigenvalue weighted by molar-refractivity contribution is -0.130. The summed E-state index contributed by atoms with van der Waals surface area (Å²) in [5, 5.41) is 6.22. The Hall–Kier alpha value is -1.92. The highest BCUT2D eigenvalue weighted by Gasteiger charge is 2.39. The molecule has 0 aromatic heterocycles. The van der Waals surface area contributed by atoms with E-state index in [1.165, 1.54) is 0 Å². The van der Waals surface area contributed by atoms with E-state index in [-0.39, 0.29) is 18.2 Å². The first-order valence-corrected chi connectivity index (χ1v) is 7.44. The molecule has 0 aliphatic carbocycles. The van der Waals surface area contributed by atoms with Gasteiger partial charge in [-0.3, -0.25) is 9.59 Å². The van der Waals surface area contributed by atoms with Crippen molar-refractivity contribution in [3.05, 3.63) is 29.8 Å². The highest BCUT2D eigenvalue weighted by molar-refractivity contribution is 5.95. The quantitative estimate of drug-likeness (QED) is 0.720. The molecule has 1 aliphatic heterocycles. The Kier molecular flexibility index (Phi) is 5.51. The molecule has 1 aromatic rings. The molecule has 4 N–H and O–H groups in total. The smallest absolute Gasteiger partial charge is 0.233 e. The van der Waals surface area contributed by atoms with Gasteiger partial charge in [0.2, 0.25) is 11.8 Å². The Morgan fingerprint density at radius 2 is 1.91 bits per heavy atom. The summed E-state index contributed by atoms with van der Waals surface area (Å²) in [4.78, 5) is 23.5. The molecular weight excluding hydrogens is 282 g/mol. The Morgan fingerprint density at radius 3 is 2.45 bits per heavy atom. The third-order valence-electron chi connectivity index (χ3n) is 4.05. The van der Waals surface area contributed by atoms with E-state index in [0.29, 0.717) is 12.3 Å². The van der Waals surface area contributed by atoms with Crippen LogP contribution in [0.4, 0.5) is 5.69 Å². The molecule has 0 saturated carbocycles. The van der Waals surface area contributed by atoms with Gasteiger partial charge in [0.15, 0.2) is 0 Å². The van der Waals surface area contributed by atoms with E-state index >= 15 is 0 Å². The molecule has 2 rings (SSSR count). The van der Waals surface area contributed by atoms with Crippen molar-refractivity contribution in [3.8, 4) is 0 Å². The third kappa shape index (κ3) is 4.05. The molecule has 120 valence electrons. The number of rotatable bonds is 6. The molecular formula is C16H23N3O3. The number of hydrogen-bond acceptors (Lipinski definition) is 4. The van der Waals surface area contributed by atoms with Crippen LogP contribution in [-0.2, 0) is 20.7 Å². The maximum atomic E-state index is 12.6. The average Bonchev–Trinajstić information content (AvgIpc) is 2.50. The molecule has 0 spiro atoms. The number of hydrogen-bond donors (Lipinski definition) is 3. The number of methoxy groups -OCH3 is 1. The molecule has 1 fully saturated rings. The van der Waals surface area contributed by atoms with Crippen LogP contribution in [0.25, 0.3) is 0 Å². The second-order valence-corrected chi connectivity index (χ2v) is 5.76. The molecule has 6 heteroatoms. The number of primary amides is 1. The van der Waals surface area contributed by atoms with Gasteiger partial charge in [-0.2, -0.15) is 0 Å². The molecule has 1 saturated heterocycles. The molecule has 0 unspecified atom stereocenters. The number of carbonyl (C=O) groups is 2. The van der Waals surface area contributed by atoms with Gasteiger partial charge in [-0.1, -0.05) is 12.1 Å². The van der Waals surface area contributed by atoms with Crippen molar-refractivity contribution < 1.29 is 14.3 Å². The monoisotopic (exact) mass is 305 g/mol. The molecule has 0 atom stereocenters. The van der Waals surface area contributed by atoms with E-state index < -0.39 is 5.41 Å². The van der Waals surface area contributed by atoms with E-state index in [9.17, 15) is 9.59 Å². The van der Waals surface area contributed by atoms with Crippen LogP contribution in [0.15, 0.2) is 24.3 Å². The van der Waals surface area contributed by atoms with Crippen LogP contribution in [0.5, 0.6) is 0 Å². The van der Waals surface area contributed by atoms with Gasteiger partial charge in [0, 0.05) is 12.8 Å². The van der Waals surface area contributed by atoms with Crippen molar-refractivity contribution in [1.82, 2.24) is 5.32 Å². The average molecular weight is 305 g/mol. The van der Waals surface area contributed by atoms with Crippen LogP contribution in [0.1, 0.15) is 18.4 Å². The Balaban J connectivity index is 2.04. The minimum absolute atomic E-state index is 0.0153. The Bertz CT molecular complexity index is 516. The van der Waals surface area contributed by atoms with Gasteiger partial charge in [0.05, 0.1) is 18.4 Å². The number of nitrogens with one attached hydrogen (secondary N) is 2. The van der Waals surface area contributed by atoms with E-state index in [1.54, 1.807) is 31.4 Å². The highest BCUT2D eigenvalue weighted by atomic mass is 16.5.